The average Bonchev–Trinajstić information content (AvgIpc) is 3.45. The molecule has 1 aromatic rings. The molecule has 1 saturated carbocycles. The number of aliphatic hydroxyl groups excluding tert-OH is 1. The van der Waals surface area contributed by atoms with Gasteiger partial charge in [-0.05, 0) is 44.7 Å². The Labute approximate surface area is 151 Å². The molecule has 5 nitrogen and oxygen atoms in total. The van der Waals surface area contributed by atoms with Crippen molar-refractivity contribution >= 4 is 5.91 Å². The highest BCUT2D eigenvalue weighted by Gasteiger charge is 2.34. The fourth-order valence-corrected chi connectivity index (χ4v) is 3.76. The lowest BCUT2D eigenvalue weighted by atomic mass is 9.97. The molecule has 138 valence electrons. The summed E-state index contributed by atoms with van der Waals surface area (Å²) in [6, 6.07) is 10.9. The molecular weight excluding hydrogens is 314 g/mol. The number of hydrogen-bond donors (Lipinski definition) is 2. The van der Waals surface area contributed by atoms with Crippen molar-refractivity contribution in [2.45, 2.75) is 50.2 Å². The normalized spacial score (nSPS) is 20.6. The standard InChI is InChI=1S/C20H31N3O2/c1-22(12-5-15-24)18-10-13-23(14-11-18)19(16-6-3-2-4-7-16)20(25)21-17-8-9-17/h2-4,6-7,17-19,24H,5,8-15H2,1H3,(H,21,25). The highest BCUT2D eigenvalue weighted by Crippen LogP contribution is 2.28. The second-order valence-electron chi connectivity index (χ2n) is 7.42. The lowest BCUT2D eigenvalue weighted by Gasteiger charge is -2.40. The molecule has 1 aliphatic carbocycles. The molecule has 2 N–H and O–H groups in total. The molecule has 0 bridgehead atoms. The van der Waals surface area contributed by atoms with Crippen molar-refractivity contribution in [1.82, 2.24) is 15.1 Å². The Bertz CT molecular complexity index is 539. The van der Waals surface area contributed by atoms with Crippen LogP contribution in [0.4, 0.5) is 0 Å². The van der Waals surface area contributed by atoms with Gasteiger partial charge in [-0.2, -0.15) is 0 Å². The third kappa shape index (κ3) is 5.03. The van der Waals surface area contributed by atoms with Gasteiger partial charge in [-0.1, -0.05) is 30.3 Å². The van der Waals surface area contributed by atoms with Crippen molar-refractivity contribution < 1.29 is 9.90 Å². The largest absolute Gasteiger partial charge is 0.396 e. The molecule has 1 aromatic carbocycles. The second-order valence-corrected chi connectivity index (χ2v) is 7.42. The molecule has 1 aliphatic heterocycles. The fourth-order valence-electron chi connectivity index (χ4n) is 3.76. The van der Waals surface area contributed by atoms with Gasteiger partial charge >= 0.3 is 0 Å². The van der Waals surface area contributed by atoms with Crippen molar-refractivity contribution in [1.29, 1.82) is 0 Å². The maximum Gasteiger partial charge on any atom is 0.242 e. The van der Waals surface area contributed by atoms with E-state index in [1.54, 1.807) is 0 Å². The zero-order valence-corrected chi connectivity index (χ0v) is 15.2. The summed E-state index contributed by atoms with van der Waals surface area (Å²) < 4.78 is 0. The van der Waals surface area contributed by atoms with E-state index in [9.17, 15) is 4.79 Å². The van der Waals surface area contributed by atoms with Crippen molar-refractivity contribution in [2.24, 2.45) is 0 Å². The van der Waals surface area contributed by atoms with Crippen LogP contribution in [0.1, 0.15) is 43.7 Å². The molecule has 3 rings (SSSR count). The van der Waals surface area contributed by atoms with E-state index in [0.717, 1.165) is 57.3 Å². The van der Waals surface area contributed by atoms with Crippen LogP contribution in [0.5, 0.6) is 0 Å². The van der Waals surface area contributed by atoms with Gasteiger partial charge in [0.25, 0.3) is 0 Å². The summed E-state index contributed by atoms with van der Waals surface area (Å²) in [5, 5.41) is 12.2. The van der Waals surface area contributed by atoms with E-state index in [2.05, 4.69) is 34.3 Å². The predicted molar refractivity (Wildman–Crippen MR) is 99.3 cm³/mol. The van der Waals surface area contributed by atoms with Gasteiger partial charge in [-0.3, -0.25) is 9.69 Å². The fraction of sp³-hybridized carbons (Fsp3) is 0.650. The molecule has 1 saturated heterocycles. The third-order valence-electron chi connectivity index (χ3n) is 5.44. The molecular formula is C20H31N3O2. The van der Waals surface area contributed by atoms with Gasteiger partial charge < -0.3 is 15.3 Å². The summed E-state index contributed by atoms with van der Waals surface area (Å²) in [6.45, 7) is 3.06. The van der Waals surface area contributed by atoms with Crippen molar-refractivity contribution in [3.63, 3.8) is 0 Å². The number of rotatable bonds is 8. The number of piperidine rings is 1. The number of aliphatic hydroxyl groups is 1. The van der Waals surface area contributed by atoms with Gasteiger partial charge in [0.2, 0.25) is 5.91 Å². The molecule has 0 aromatic heterocycles. The molecule has 0 radical (unpaired) electrons. The SMILES string of the molecule is CN(CCCO)C1CCN(C(C(=O)NC2CC2)c2ccccc2)CC1. The van der Waals surface area contributed by atoms with Gasteiger partial charge in [0.1, 0.15) is 6.04 Å². The van der Waals surface area contributed by atoms with Crippen molar-refractivity contribution in [3.05, 3.63) is 35.9 Å². The molecule has 1 unspecified atom stereocenters. The number of nitrogens with one attached hydrogen (secondary N) is 1. The Kier molecular flexibility index (Phi) is 6.45. The quantitative estimate of drug-likeness (QED) is 0.754. The summed E-state index contributed by atoms with van der Waals surface area (Å²) in [5.74, 6) is 0.154. The van der Waals surface area contributed by atoms with Crippen LogP contribution in [0, 0.1) is 0 Å². The second kappa shape index (κ2) is 8.79. The summed E-state index contributed by atoms with van der Waals surface area (Å²) in [7, 11) is 2.14. The van der Waals surface area contributed by atoms with E-state index < -0.39 is 0 Å². The maximum absolute atomic E-state index is 12.9. The van der Waals surface area contributed by atoms with Crippen LogP contribution in [0.2, 0.25) is 0 Å². The van der Waals surface area contributed by atoms with E-state index in [1.807, 2.05) is 18.2 Å². The Morgan fingerprint density at radius 1 is 1.24 bits per heavy atom. The van der Waals surface area contributed by atoms with Crippen LogP contribution in [0.25, 0.3) is 0 Å². The summed E-state index contributed by atoms with van der Waals surface area (Å²) in [6.07, 6.45) is 5.20. The van der Waals surface area contributed by atoms with Gasteiger partial charge in [0.05, 0.1) is 0 Å². The maximum atomic E-state index is 12.9. The first-order valence-electron chi connectivity index (χ1n) is 9.59. The van der Waals surface area contributed by atoms with E-state index in [-0.39, 0.29) is 18.6 Å². The lowest BCUT2D eigenvalue weighted by molar-refractivity contribution is -0.127. The highest BCUT2D eigenvalue weighted by molar-refractivity contribution is 5.83. The van der Waals surface area contributed by atoms with Crippen molar-refractivity contribution in [3.8, 4) is 0 Å². The first kappa shape index (κ1) is 18.4. The minimum absolute atomic E-state index is 0.154. The third-order valence-corrected chi connectivity index (χ3v) is 5.44. The molecule has 25 heavy (non-hydrogen) atoms. The van der Waals surface area contributed by atoms with Crippen LogP contribution < -0.4 is 5.32 Å². The van der Waals surface area contributed by atoms with Crippen LogP contribution in [-0.4, -0.2) is 66.2 Å². The molecule has 0 spiro atoms. The molecule has 1 amide bonds. The predicted octanol–water partition coefficient (Wildman–Crippen LogP) is 1.78. The van der Waals surface area contributed by atoms with Crippen LogP contribution in [0.15, 0.2) is 30.3 Å². The number of likely N-dealkylation sites (tertiary alicyclic amines) is 1. The van der Waals surface area contributed by atoms with Gasteiger partial charge in [0, 0.05) is 38.3 Å². The number of hydrogen-bond acceptors (Lipinski definition) is 4. The Morgan fingerprint density at radius 3 is 2.52 bits per heavy atom. The van der Waals surface area contributed by atoms with E-state index in [4.69, 9.17) is 5.11 Å². The van der Waals surface area contributed by atoms with E-state index >= 15 is 0 Å². The topological polar surface area (TPSA) is 55.8 Å². The lowest BCUT2D eigenvalue weighted by Crippen LogP contribution is -2.48. The van der Waals surface area contributed by atoms with E-state index in [1.165, 1.54) is 0 Å². The van der Waals surface area contributed by atoms with Crippen LogP contribution >= 0.6 is 0 Å². The molecule has 1 atom stereocenters. The zero-order valence-electron chi connectivity index (χ0n) is 15.2. The number of benzene rings is 1. The first-order valence-corrected chi connectivity index (χ1v) is 9.59. The van der Waals surface area contributed by atoms with Gasteiger partial charge in [-0.15, -0.1) is 0 Å². The Hall–Kier alpha value is -1.43. The monoisotopic (exact) mass is 345 g/mol. The Morgan fingerprint density at radius 2 is 1.92 bits per heavy atom. The van der Waals surface area contributed by atoms with Gasteiger partial charge in [-0.25, -0.2) is 0 Å². The van der Waals surface area contributed by atoms with Crippen LogP contribution in [0.3, 0.4) is 0 Å². The molecule has 2 fully saturated rings. The summed E-state index contributed by atoms with van der Waals surface area (Å²) in [4.78, 5) is 17.6. The van der Waals surface area contributed by atoms with Crippen molar-refractivity contribution in [2.75, 3.05) is 33.3 Å². The molecule has 5 heteroatoms. The zero-order chi connectivity index (χ0) is 17.6. The number of carbonyl (C=O) groups excluding carboxylic acids is 1. The smallest absolute Gasteiger partial charge is 0.242 e. The van der Waals surface area contributed by atoms with Crippen LogP contribution in [-0.2, 0) is 4.79 Å². The highest BCUT2D eigenvalue weighted by atomic mass is 16.3. The summed E-state index contributed by atoms with van der Waals surface area (Å²) >= 11 is 0. The first-order chi connectivity index (χ1) is 12.2. The minimum atomic E-state index is -0.175. The molecule has 1 heterocycles. The van der Waals surface area contributed by atoms with Gasteiger partial charge in [0.15, 0.2) is 0 Å². The number of carbonyl (C=O) groups is 1. The summed E-state index contributed by atoms with van der Waals surface area (Å²) in [5.41, 5.74) is 1.09. The minimum Gasteiger partial charge on any atom is -0.396 e. The molecule has 2 aliphatic rings. The van der Waals surface area contributed by atoms with E-state index in [0.29, 0.717) is 12.1 Å². The Balaban J connectivity index is 1.63. The average molecular weight is 345 g/mol. The number of amides is 1. The number of nitrogens with zero attached hydrogens (tertiary/aromatic N) is 2.